The van der Waals surface area contributed by atoms with Crippen LogP contribution in [0.5, 0.6) is 0 Å². The molecular weight excluding hydrogens is 536 g/mol. The topological polar surface area (TPSA) is 87.1 Å². The van der Waals surface area contributed by atoms with Crippen molar-refractivity contribution in [1.29, 1.82) is 0 Å². The van der Waals surface area contributed by atoms with Crippen LogP contribution in [-0.2, 0) is 19.1 Å². The number of hydrogen-bond acceptors (Lipinski definition) is 6. The lowest BCUT2D eigenvalue weighted by Gasteiger charge is -2.42. The first-order chi connectivity index (χ1) is 19.8. The molecule has 1 saturated carbocycles. The SMILES string of the molecule is C=CCCCOC(=O)[C@@H]1[C@H]2C(=O)N([C@H](CO)c3ccccc3)C(C(=O)N(CC=C)C3CCCCC3)C23CC[C@@]1(C)S3. The van der Waals surface area contributed by atoms with Gasteiger partial charge in [0.15, 0.2) is 0 Å². The molecule has 1 aliphatic carbocycles. The van der Waals surface area contributed by atoms with Gasteiger partial charge >= 0.3 is 5.97 Å². The number of thioether (sulfide) groups is 1. The molecule has 5 rings (SSSR count). The van der Waals surface area contributed by atoms with Crippen LogP contribution < -0.4 is 0 Å². The fourth-order valence-corrected chi connectivity index (χ4v) is 10.3. The number of hydrogen-bond donors (Lipinski definition) is 1. The van der Waals surface area contributed by atoms with E-state index in [1.807, 2.05) is 35.2 Å². The summed E-state index contributed by atoms with van der Waals surface area (Å²) in [5.74, 6) is -1.99. The van der Waals surface area contributed by atoms with Gasteiger partial charge in [-0.25, -0.2) is 0 Å². The second-order valence-corrected chi connectivity index (χ2v) is 14.1. The van der Waals surface area contributed by atoms with Crippen LogP contribution in [-0.4, -0.2) is 74.0 Å². The molecular formula is C33H44N2O5S. The van der Waals surface area contributed by atoms with Gasteiger partial charge in [-0.2, -0.15) is 0 Å². The second-order valence-electron chi connectivity index (χ2n) is 12.3. The van der Waals surface area contributed by atoms with Crippen LogP contribution in [0.25, 0.3) is 0 Å². The van der Waals surface area contributed by atoms with Crippen molar-refractivity contribution in [3.8, 4) is 0 Å². The van der Waals surface area contributed by atoms with Crippen LogP contribution in [0.3, 0.4) is 0 Å². The molecule has 3 saturated heterocycles. The average molecular weight is 581 g/mol. The van der Waals surface area contributed by atoms with Gasteiger partial charge in [0.1, 0.15) is 6.04 Å². The summed E-state index contributed by atoms with van der Waals surface area (Å²) in [6.07, 6.45) is 11.6. The molecule has 41 heavy (non-hydrogen) atoms. The number of carbonyl (C=O) groups is 3. The summed E-state index contributed by atoms with van der Waals surface area (Å²) in [7, 11) is 0. The molecule has 1 aromatic rings. The number of fused-ring (bicyclic) bond motifs is 1. The Morgan fingerprint density at radius 2 is 1.90 bits per heavy atom. The molecule has 2 unspecified atom stereocenters. The van der Waals surface area contributed by atoms with E-state index in [0.717, 1.165) is 50.5 Å². The first-order valence-electron chi connectivity index (χ1n) is 15.2. The summed E-state index contributed by atoms with van der Waals surface area (Å²) in [4.78, 5) is 46.8. The van der Waals surface area contributed by atoms with Gasteiger partial charge in [-0.15, -0.1) is 24.9 Å². The summed E-state index contributed by atoms with van der Waals surface area (Å²) in [5, 5.41) is 10.7. The molecule has 4 aliphatic rings. The maximum Gasteiger partial charge on any atom is 0.311 e. The highest BCUT2D eigenvalue weighted by Crippen LogP contribution is 2.72. The summed E-state index contributed by atoms with van der Waals surface area (Å²) < 4.78 is 4.50. The predicted octanol–water partition coefficient (Wildman–Crippen LogP) is 5.06. The summed E-state index contributed by atoms with van der Waals surface area (Å²) in [6, 6.07) is 8.05. The van der Waals surface area contributed by atoms with Gasteiger partial charge in [0.25, 0.3) is 0 Å². The summed E-state index contributed by atoms with van der Waals surface area (Å²) in [5.41, 5.74) is 0.778. The van der Waals surface area contributed by atoms with E-state index in [1.54, 1.807) is 28.8 Å². The van der Waals surface area contributed by atoms with E-state index < -0.39 is 33.4 Å². The molecule has 0 aromatic heterocycles. The summed E-state index contributed by atoms with van der Waals surface area (Å²) in [6.45, 7) is 10.1. The number of aliphatic hydroxyl groups excluding tert-OH is 1. The number of ether oxygens (including phenoxy) is 1. The number of unbranched alkanes of at least 4 members (excludes halogenated alkanes) is 1. The average Bonchev–Trinajstić information content (AvgIpc) is 3.56. The molecule has 222 valence electrons. The van der Waals surface area contributed by atoms with Gasteiger partial charge in [0, 0.05) is 17.3 Å². The Hall–Kier alpha value is -2.58. The molecule has 6 atom stereocenters. The van der Waals surface area contributed by atoms with E-state index in [9.17, 15) is 19.5 Å². The van der Waals surface area contributed by atoms with Crippen LogP contribution in [0.15, 0.2) is 55.6 Å². The zero-order valence-electron chi connectivity index (χ0n) is 24.2. The molecule has 3 heterocycles. The van der Waals surface area contributed by atoms with Crippen molar-refractivity contribution in [1.82, 2.24) is 9.80 Å². The monoisotopic (exact) mass is 580 g/mol. The Labute approximate surface area is 248 Å². The zero-order valence-corrected chi connectivity index (χ0v) is 25.0. The number of esters is 1. The number of carbonyl (C=O) groups excluding carboxylic acids is 3. The number of nitrogens with zero attached hydrogens (tertiary/aromatic N) is 2. The Morgan fingerprint density at radius 3 is 2.56 bits per heavy atom. The molecule has 1 aromatic carbocycles. The quantitative estimate of drug-likeness (QED) is 0.211. The number of rotatable bonds is 12. The van der Waals surface area contributed by atoms with Gasteiger partial charge in [-0.05, 0) is 51.0 Å². The fourth-order valence-electron chi connectivity index (χ4n) is 7.96. The standard InChI is InChI=1S/C33H44N2O5S/c1-4-6-13-21-40-31(39)27-26-29(37)35(25(22-36)23-14-9-7-10-15-23)28(33(26)19-18-32(27,3)41-33)30(38)34(20-5-2)24-16-11-8-12-17-24/h4-5,7,9-10,14-15,24-28,36H,1-2,6,8,11-13,16-22H2,3H3/t25-,26+,27+,28?,32-,33?/m1/s1. The second kappa shape index (κ2) is 12.3. The van der Waals surface area contributed by atoms with E-state index in [-0.39, 0.29) is 37.0 Å². The largest absolute Gasteiger partial charge is 0.465 e. The van der Waals surface area contributed by atoms with Crippen molar-refractivity contribution in [3.63, 3.8) is 0 Å². The maximum absolute atomic E-state index is 14.9. The number of allylic oxidation sites excluding steroid dienone is 1. The molecule has 8 heteroatoms. The summed E-state index contributed by atoms with van der Waals surface area (Å²) >= 11 is 1.65. The van der Waals surface area contributed by atoms with E-state index in [1.165, 1.54) is 0 Å². The van der Waals surface area contributed by atoms with Crippen LogP contribution in [0.1, 0.15) is 76.3 Å². The fraction of sp³-hybridized carbons (Fsp3) is 0.606. The van der Waals surface area contributed by atoms with Gasteiger partial charge < -0.3 is 19.6 Å². The highest BCUT2D eigenvalue weighted by Gasteiger charge is 2.78. The Morgan fingerprint density at radius 1 is 1.17 bits per heavy atom. The van der Waals surface area contributed by atoms with E-state index in [4.69, 9.17) is 4.74 Å². The van der Waals surface area contributed by atoms with Crippen LogP contribution in [0.4, 0.5) is 0 Å². The third-order valence-corrected chi connectivity index (χ3v) is 11.8. The first-order valence-corrected chi connectivity index (χ1v) is 16.0. The third-order valence-electron chi connectivity index (χ3n) is 9.82. The number of likely N-dealkylation sites (tertiary alicyclic amines) is 1. The normalized spacial score (nSPS) is 31.5. The minimum absolute atomic E-state index is 0.0845. The molecule has 2 bridgehead atoms. The molecule has 0 radical (unpaired) electrons. The molecule has 3 aliphatic heterocycles. The molecule has 1 N–H and O–H groups in total. The van der Waals surface area contributed by atoms with E-state index in [0.29, 0.717) is 19.4 Å². The highest BCUT2D eigenvalue weighted by atomic mass is 32.2. The van der Waals surface area contributed by atoms with Crippen molar-refractivity contribution in [3.05, 3.63) is 61.2 Å². The Balaban J connectivity index is 1.57. The maximum atomic E-state index is 14.9. The minimum Gasteiger partial charge on any atom is -0.465 e. The Bertz CT molecular complexity index is 1150. The van der Waals surface area contributed by atoms with Gasteiger partial charge in [0.05, 0.1) is 35.8 Å². The molecule has 2 amide bonds. The lowest BCUT2D eigenvalue weighted by molar-refractivity contribution is -0.156. The number of amides is 2. The van der Waals surface area contributed by atoms with Crippen molar-refractivity contribution in [2.45, 2.75) is 92.3 Å². The van der Waals surface area contributed by atoms with Crippen molar-refractivity contribution in [2.75, 3.05) is 19.8 Å². The minimum atomic E-state index is -0.787. The zero-order chi connectivity index (χ0) is 29.2. The third kappa shape index (κ3) is 5.16. The van der Waals surface area contributed by atoms with Gasteiger partial charge in [-0.3, -0.25) is 14.4 Å². The van der Waals surface area contributed by atoms with E-state index >= 15 is 0 Å². The highest BCUT2D eigenvalue weighted by molar-refractivity contribution is 8.02. The lowest BCUT2D eigenvalue weighted by atomic mass is 9.66. The Kier molecular flexibility index (Phi) is 9.00. The van der Waals surface area contributed by atoms with Crippen LogP contribution in [0.2, 0.25) is 0 Å². The lowest BCUT2D eigenvalue weighted by Crippen LogP contribution is -2.57. The van der Waals surface area contributed by atoms with Crippen LogP contribution in [0, 0.1) is 11.8 Å². The van der Waals surface area contributed by atoms with Crippen LogP contribution >= 0.6 is 11.8 Å². The number of benzene rings is 1. The smallest absolute Gasteiger partial charge is 0.311 e. The van der Waals surface area contributed by atoms with Crippen molar-refractivity contribution >= 4 is 29.5 Å². The molecule has 1 spiro atoms. The van der Waals surface area contributed by atoms with Gasteiger partial charge in [-0.1, -0.05) is 61.7 Å². The molecule has 4 fully saturated rings. The predicted molar refractivity (Wildman–Crippen MR) is 161 cm³/mol. The first kappa shape index (κ1) is 29.9. The van der Waals surface area contributed by atoms with Crippen molar-refractivity contribution < 1.29 is 24.2 Å². The number of aliphatic hydroxyl groups is 1. The van der Waals surface area contributed by atoms with Gasteiger partial charge in [0.2, 0.25) is 11.8 Å². The molecule has 7 nitrogen and oxygen atoms in total. The van der Waals surface area contributed by atoms with Crippen molar-refractivity contribution in [2.24, 2.45) is 11.8 Å². The van der Waals surface area contributed by atoms with E-state index in [2.05, 4.69) is 20.1 Å².